The van der Waals surface area contributed by atoms with Crippen LogP contribution in [-0.2, 0) is 4.74 Å². The van der Waals surface area contributed by atoms with E-state index < -0.39 is 0 Å². The van der Waals surface area contributed by atoms with Crippen molar-refractivity contribution in [1.29, 1.82) is 0 Å². The minimum absolute atomic E-state index is 0.184. The molecule has 2 heterocycles. The molecule has 0 N–H and O–H groups in total. The number of halogens is 1. The molecule has 0 radical (unpaired) electrons. The topological polar surface area (TPSA) is 44.2 Å². The molecule has 0 atom stereocenters. The zero-order valence-corrected chi connectivity index (χ0v) is 9.33. The van der Waals surface area contributed by atoms with Crippen LogP contribution >= 0.6 is 11.6 Å². The molecule has 0 unspecified atom stereocenters. The van der Waals surface area contributed by atoms with Gasteiger partial charge in [-0.05, 0) is 6.92 Å². The highest BCUT2D eigenvalue weighted by molar-refractivity contribution is 6.29. The molecule has 0 saturated carbocycles. The second-order valence-corrected chi connectivity index (χ2v) is 3.89. The molecular weight excluding hydrogens is 216 g/mol. The minimum atomic E-state index is 0.184. The van der Waals surface area contributed by atoms with Crippen molar-refractivity contribution in [2.45, 2.75) is 25.9 Å². The third-order valence-corrected chi connectivity index (χ3v) is 2.43. The molecule has 0 spiro atoms. The molecule has 0 aliphatic carbocycles. The van der Waals surface area contributed by atoms with Crippen LogP contribution in [0.2, 0.25) is 5.15 Å². The molecule has 1 aromatic heterocycles. The molecule has 5 heteroatoms. The van der Waals surface area contributed by atoms with E-state index in [2.05, 4.69) is 9.97 Å². The molecule has 0 aromatic carbocycles. The fourth-order valence-electron chi connectivity index (χ4n) is 1.53. The number of aryl methyl sites for hydroxylation is 1. The average Bonchev–Trinajstić information content (AvgIpc) is 2.17. The maximum atomic E-state index is 5.81. The van der Waals surface area contributed by atoms with Crippen LogP contribution in [0.3, 0.4) is 0 Å². The summed E-state index contributed by atoms with van der Waals surface area (Å²) < 4.78 is 10.9. The summed E-state index contributed by atoms with van der Waals surface area (Å²) >= 11 is 5.81. The molecular formula is C10H13ClN2O2. The predicted molar refractivity (Wildman–Crippen MR) is 56.2 cm³/mol. The Kier molecular flexibility index (Phi) is 3.38. The number of hydrogen-bond acceptors (Lipinski definition) is 4. The van der Waals surface area contributed by atoms with E-state index in [-0.39, 0.29) is 6.10 Å². The number of aromatic nitrogens is 2. The summed E-state index contributed by atoms with van der Waals surface area (Å²) in [7, 11) is 0. The number of rotatable bonds is 2. The van der Waals surface area contributed by atoms with Crippen molar-refractivity contribution in [1.82, 2.24) is 9.97 Å². The second kappa shape index (κ2) is 4.77. The minimum Gasteiger partial charge on any atom is -0.474 e. The van der Waals surface area contributed by atoms with Crippen LogP contribution in [0.4, 0.5) is 0 Å². The first kappa shape index (κ1) is 10.6. The Morgan fingerprint density at radius 2 is 2.13 bits per heavy atom. The van der Waals surface area contributed by atoms with Gasteiger partial charge in [0.15, 0.2) is 0 Å². The van der Waals surface area contributed by atoms with Crippen LogP contribution in [0.5, 0.6) is 5.88 Å². The van der Waals surface area contributed by atoms with Crippen molar-refractivity contribution >= 4 is 11.6 Å². The van der Waals surface area contributed by atoms with Crippen molar-refractivity contribution < 1.29 is 9.47 Å². The molecule has 0 bridgehead atoms. The van der Waals surface area contributed by atoms with Crippen LogP contribution in [-0.4, -0.2) is 29.3 Å². The van der Waals surface area contributed by atoms with Crippen molar-refractivity contribution in [3.05, 3.63) is 17.0 Å². The first-order valence-electron chi connectivity index (χ1n) is 4.99. The predicted octanol–water partition coefficient (Wildman–Crippen LogP) is 2.00. The summed E-state index contributed by atoms with van der Waals surface area (Å²) in [6, 6.07) is 1.64. The highest BCUT2D eigenvalue weighted by atomic mass is 35.5. The summed E-state index contributed by atoms with van der Waals surface area (Å²) in [4.78, 5) is 8.15. The quantitative estimate of drug-likeness (QED) is 0.727. The van der Waals surface area contributed by atoms with Crippen molar-refractivity contribution in [3.63, 3.8) is 0 Å². The van der Waals surface area contributed by atoms with Gasteiger partial charge in [0.1, 0.15) is 17.1 Å². The third kappa shape index (κ3) is 3.04. The molecule has 82 valence electrons. The lowest BCUT2D eigenvalue weighted by molar-refractivity contribution is 0.0236. The summed E-state index contributed by atoms with van der Waals surface area (Å²) in [5, 5.41) is 0.421. The van der Waals surface area contributed by atoms with Crippen LogP contribution in [0.15, 0.2) is 6.07 Å². The van der Waals surface area contributed by atoms with Crippen LogP contribution < -0.4 is 4.74 Å². The zero-order chi connectivity index (χ0) is 10.7. The Labute approximate surface area is 93.6 Å². The molecule has 1 aromatic rings. The van der Waals surface area contributed by atoms with Crippen LogP contribution in [0.25, 0.3) is 0 Å². The normalized spacial score (nSPS) is 17.7. The molecule has 4 nitrogen and oxygen atoms in total. The van der Waals surface area contributed by atoms with E-state index in [1.165, 1.54) is 0 Å². The first-order chi connectivity index (χ1) is 7.24. The van der Waals surface area contributed by atoms with Crippen LogP contribution in [0.1, 0.15) is 18.7 Å². The summed E-state index contributed by atoms with van der Waals surface area (Å²) in [6.07, 6.45) is 1.99. The van der Waals surface area contributed by atoms with E-state index in [0.29, 0.717) is 16.9 Å². The zero-order valence-electron chi connectivity index (χ0n) is 8.57. The lowest BCUT2D eigenvalue weighted by atomic mass is 10.2. The molecule has 1 aliphatic heterocycles. The molecule has 15 heavy (non-hydrogen) atoms. The Morgan fingerprint density at radius 3 is 2.80 bits per heavy atom. The SMILES string of the molecule is Cc1nc(Cl)cc(OC2CCOCC2)n1. The largest absolute Gasteiger partial charge is 0.474 e. The third-order valence-electron chi connectivity index (χ3n) is 2.24. The van der Waals surface area contributed by atoms with Gasteiger partial charge in [0.05, 0.1) is 13.2 Å². The molecule has 0 amide bonds. The van der Waals surface area contributed by atoms with Gasteiger partial charge >= 0.3 is 0 Å². The smallest absolute Gasteiger partial charge is 0.218 e. The Morgan fingerprint density at radius 1 is 1.40 bits per heavy atom. The maximum absolute atomic E-state index is 5.81. The van der Waals surface area contributed by atoms with Gasteiger partial charge in [-0.1, -0.05) is 11.6 Å². The maximum Gasteiger partial charge on any atom is 0.218 e. The number of nitrogens with zero attached hydrogens (tertiary/aromatic N) is 2. The Bertz CT molecular complexity index is 320. The summed E-state index contributed by atoms with van der Waals surface area (Å²) in [6.45, 7) is 3.30. The van der Waals surface area contributed by atoms with Crippen molar-refractivity contribution in [2.24, 2.45) is 0 Å². The van der Waals surface area contributed by atoms with Gasteiger partial charge in [0.2, 0.25) is 5.88 Å². The monoisotopic (exact) mass is 228 g/mol. The van der Waals surface area contributed by atoms with E-state index in [0.717, 1.165) is 26.1 Å². The molecule has 1 fully saturated rings. The van der Waals surface area contributed by atoms with Gasteiger partial charge < -0.3 is 9.47 Å². The van der Waals surface area contributed by atoms with E-state index in [4.69, 9.17) is 21.1 Å². The molecule has 1 saturated heterocycles. The van der Waals surface area contributed by atoms with Gasteiger partial charge in [-0.3, -0.25) is 0 Å². The van der Waals surface area contributed by atoms with Crippen molar-refractivity contribution in [2.75, 3.05) is 13.2 Å². The van der Waals surface area contributed by atoms with Crippen LogP contribution in [0, 0.1) is 6.92 Å². The lowest BCUT2D eigenvalue weighted by Gasteiger charge is -2.22. The second-order valence-electron chi connectivity index (χ2n) is 3.51. The summed E-state index contributed by atoms with van der Waals surface area (Å²) in [5.74, 6) is 1.18. The van der Waals surface area contributed by atoms with Crippen molar-refractivity contribution in [3.8, 4) is 5.88 Å². The van der Waals surface area contributed by atoms with Gasteiger partial charge in [-0.2, -0.15) is 4.98 Å². The number of hydrogen-bond donors (Lipinski definition) is 0. The first-order valence-corrected chi connectivity index (χ1v) is 5.37. The van der Waals surface area contributed by atoms with Gasteiger partial charge in [0.25, 0.3) is 0 Å². The van der Waals surface area contributed by atoms with E-state index in [9.17, 15) is 0 Å². The Balaban J connectivity index is 2.02. The molecule has 1 aliphatic rings. The fourth-order valence-corrected chi connectivity index (χ4v) is 1.75. The van der Waals surface area contributed by atoms with Gasteiger partial charge in [-0.25, -0.2) is 4.98 Å². The standard InChI is InChI=1S/C10H13ClN2O2/c1-7-12-9(11)6-10(13-7)15-8-2-4-14-5-3-8/h6,8H,2-5H2,1H3. The highest BCUT2D eigenvalue weighted by Gasteiger charge is 2.16. The van der Waals surface area contributed by atoms with Gasteiger partial charge in [0, 0.05) is 18.9 Å². The van der Waals surface area contributed by atoms with E-state index >= 15 is 0 Å². The summed E-state index contributed by atoms with van der Waals surface area (Å²) in [5.41, 5.74) is 0. The van der Waals surface area contributed by atoms with Gasteiger partial charge in [-0.15, -0.1) is 0 Å². The van der Waals surface area contributed by atoms with E-state index in [1.54, 1.807) is 13.0 Å². The fraction of sp³-hybridized carbons (Fsp3) is 0.600. The Hall–Kier alpha value is -0.870. The lowest BCUT2D eigenvalue weighted by Crippen LogP contribution is -2.26. The van der Waals surface area contributed by atoms with E-state index in [1.807, 2.05) is 0 Å². The molecule has 2 rings (SSSR count). The number of ether oxygens (including phenoxy) is 2. The highest BCUT2D eigenvalue weighted by Crippen LogP contribution is 2.18. The average molecular weight is 229 g/mol.